The van der Waals surface area contributed by atoms with Gasteiger partial charge < -0.3 is 15.0 Å². The van der Waals surface area contributed by atoms with E-state index in [1.807, 2.05) is 66.2 Å². The fourth-order valence-electron chi connectivity index (χ4n) is 3.71. The molecule has 0 amide bonds. The molecular weight excluding hydrogens is 324 g/mol. The minimum atomic E-state index is -0.200. The van der Waals surface area contributed by atoms with Gasteiger partial charge in [-0.3, -0.25) is 4.79 Å². The Morgan fingerprint density at radius 3 is 2.69 bits per heavy atom. The zero-order chi connectivity index (χ0) is 18.1. The molecule has 4 heteroatoms. The van der Waals surface area contributed by atoms with E-state index >= 15 is 0 Å². The lowest BCUT2D eigenvalue weighted by Crippen LogP contribution is -2.23. The first-order valence-electron chi connectivity index (χ1n) is 9.03. The van der Waals surface area contributed by atoms with Gasteiger partial charge in [0.05, 0.1) is 18.2 Å². The van der Waals surface area contributed by atoms with Crippen molar-refractivity contribution in [1.82, 2.24) is 4.57 Å². The first-order chi connectivity index (χ1) is 12.7. The molecule has 132 valence electrons. The highest BCUT2D eigenvalue weighted by Crippen LogP contribution is 2.39. The highest BCUT2D eigenvalue weighted by molar-refractivity contribution is 6.03. The molecule has 1 aliphatic rings. The topological polar surface area (TPSA) is 54.3 Å². The van der Waals surface area contributed by atoms with Gasteiger partial charge in [0.2, 0.25) is 0 Å². The van der Waals surface area contributed by atoms with Crippen LogP contribution >= 0.6 is 0 Å². The normalized spacial score (nSPS) is 15.8. The zero-order valence-electron chi connectivity index (χ0n) is 14.8. The van der Waals surface area contributed by atoms with E-state index in [1.54, 1.807) is 0 Å². The van der Waals surface area contributed by atoms with E-state index in [0.29, 0.717) is 6.42 Å². The summed E-state index contributed by atoms with van der Waals surface area (Å²) >= 11 is 0. The van der Waals surface area contributed by atoms with Crippen LogP contribution in [0.5, 0.6) is 0 Å². The number of ketones is 1. The number of nitrogens with zero attached hydrogens (tertiary/aromatic N) is 1. The second kappa shape index (κ2) is 6.81. The van der Waals surface area contributed by atoms with Crippen LogP contribution in [0.15, 0.2) is 60.2 Å². The molecule has 4 rings (SSSR count). The fourth-order valence-corrected chi connectivity index (χ4v) is 3.71. The van der Waals surface area contributed by atoms with E-state index in [1.165, 1.54) is 0 Å². The molecule has 0 saturated heterocycles. The Balaban J connectivity index is 1.89. The average molecular weight is 346 g/mol. The number of carbonyl (C=O) groups is 1. The second-order valence-corrected chi connectivity index (χ2v) is 6.65. The van der Waals surface area contributed by atoms with Crippen LogP contribution in [0, 0.1) is 0 Å². The number of rotatable bonds is 6. The van der Waals surface area contributed by atoms with E-state index in [4.69, 9.17) is 0 Å². The summed E-state index contributed by atoms with van der Waals surface area (Å²) in [5, 5.41) is 14.4. The predicted octanol–water partition coefficient (Wildman–Crippen LogP) is 4.51. The SMILES string of the molecule is CCCC(=O)C1=Cn2c(CO)cc3cccc(c32)C1Nc1ccccc1. The molecule has 0 saturated carbocycles. The van der Waals surface area contributed by atoms with Crippen molar-refractivity contribution >= 4 is 28.6 Å². The van der Waals surface area contributed by atoms with Crippen molar-refractivity contribution in [1.29, 1.82) is 0 Å². The third kappa shape index (κ3) is 2.72. The van der Waals surface area contributed by atoms with Gasteiger partial charge in [0.1, 0.15) is 0 Å². The molecule has 1 aromatic heterocycles. The lowest BCUT2D eigenvalue weighted by atomic mass is 9.91. The van der Waals surface area contributed by atoms with Crippen LogP contribution in [0.1, 0.15) is 37.1 Å². The van der Waals surface area contributed by atoms with Crippen LogP contribution in [0.2, 0.25) is 0 Å². The molecule has 0 fully saturated rings. The molecular formula is C22H22N2O2. The largest absolute Gasteiger partial charge is 0.390 e. The van der Waals surface area contributed by atoms with Gasteiger partial charge >= 0.3 is 0 Å². The first-order valence-corrected chi connectivity index (χ1v) is 9.03. The van der Waals surface area contributed by atoms with Crippen molar-refractivity contribution in [2.75, 3.05) is 5.32 Å². The highest BCUT2D eigenvalue weighted by atomic mass is 16.3. The zero-order valence-corrected chi connectivity index (χ0v) is 14.8. The lowest BCUT2D eigenvalue weighted by Gasteiger charge is -2.28. The molecule has 1 aliphatic heterocycles. The van der Waals surface area contributed by atoms with Crippen molar-refractivity contribution in [3.8, 4) is 0 Å². The summed E-state index contributed by atoms with van der Waals surface area (Å²) in [4.78, 5) is 12.9. The predicted molar refractivity (Wildman–Crippen MR) is 105 cm³/mol. The lowest BCUT2D eigenvalue weighted by molar-refractivity contribution is -0.115. The number of nitrogens with one attached hydrogen (secondary N) is 1. The Morgan fingerprint density at radius 2 is 1.96 bits per heavy atom. The molecule has 4 nitrogen and oxygen atoms in total. The maximum absolute atomic E-state index is 12.9. The third-order valence-corrected chi connectivity index (χ3v) is 4.91. The van der Waals surface area contributed by atoms with Crippen molar-refractivity contribution in [2.45, 2.75) is 32.4 Å². The van der Waals surface area contributed by atoms with Gasteiger partial charge in [0.15, 0.2) is 5.78 Å². The maximum atomic E-state index is 12.9. The summed E-state index contributed by atoms with van der Waals surface area (Å²) in [5.41, 5.74) is 4.63. The molecule has 3 aromatic rings. The van der Waals surface area contributed by atoms with Crippen LogP contribution in [0.25, 0.3) is 17.1 Å². The van der Waals surface area contributed by atoms with E-state index in [2.05, 4.69) is 11.4 Å². The Labute approximate surface area is 152 Å². The summed E-state index contributed by atoms with van der Waals surface area (Å²) in [7, 11) is 0. The van der Waals surface area contributed by atoms with Gasteiger partial charge in [-0.15, -0.1) is 0 Å². The van der Waals surface area contributed by atoms with Gasteiger partial charge in [-0.1, -0.05) is 43.3 Å². The molecule has 2 heterocycles. The van der Waals surface area contributed by atoms with Crippen molar-refractivity contribution in [3.05, 3.63) is 71.4 Å². The van der Waals surface area contributed by atoms with Crippen LogP contribution < -0.4 is 5.32 Å². The van der Waals surface area contributed by atoms with Crippen LogP contribution in [-0.2, 0) is 11.4 Å². The van der Waals surface area contributed by atoms with Crippen LogP contribution in [0.3, 0.4) is 0 Å². The Bertz CT molecular complexity index is 986. The summed E-state index contributed by atoms with van der Waals surface area (Å²) in [6.07, 6.45) is 3.23. The van der Waals surface area contributed by atoms with E-state index in [0.717, 1.165) is 39.8 Å². The van der Waals surface area contributed by atoms with Crippen molar-refractivity contribution in [3.63, 3.8) is 0 Å². The Kier molecular flexibility index (Phi) is 4.35. The standard InChI is InChI=1S/C22H22N2O2/c1-2-7-20(26)19-13-24-17(14-25)12-15-8-6-11-18(22(15)24)21(19)23-16-9-4-3-5-10-16/h3-6,8-13,21,23,25H,2,7,14H2,1H3. The number of hydrogen-bond acceptors (Lipinski definition) is 3. The third-order valence-electron chi connectivity index (χ3n) is 4.91. The molecule has 2 N–H and O–H groups in total. The number of para-hydroxylation sites is 2. The van der Waals surface area contributed by atoms with Gasteiger partial charge in [-0.05, 0) is 24.6 Å². The number of carbonyl (C=O) groups excluding carboxylic acids is 1. The first kappa shape index (κ1) is 16.6. The number of hydrogen-bond donors (Lipinski definition) is 2. The fraction of sp³-hybridized carbons (Fsp3) is 0.227. The summed E-state index contributed by atoms with van der Waals surface area (Å²) in [6.45, 7) is 1.96. The minimum absolute atomic E-state index is 0.0589. The quantitative estimate of drug-likeness (QED) is 0.690. The van der Waals surface area contributed by atoms with Crippen molar-refractivity contribution < 1.29 is 9.90 Å². The molecule has 1 atom stereocenters. The molecule has 26 heavy (non-hydrogen) atoms. The molecule has 0 spiro atoms. The minimum Gasteiger partial charge on any atom is -0.390 e. The smallest absolute Gasteiger partial charge is 0.162 e. The summed E-state index contributed by atoms with van der Waals surface area (Å²) in [6, 6.07) is 17.9. The highest BCUT2D eigenvalue weighted by Gasteiger charge is 2.29. The number of benzene rings is 2. The monoisotopic (exact) mass is 346 g/mol. The molecule has 1 unspecified atom stereocenters. The van der Waals surface area contributed by atoms with E-state index in [-0.39, 0.29) is 18.4 Å². The number of anilines is 1. The number of aliphatic hydroxyl groups excluding tert-OH is 1. The van der Waals surface area contributed by atoms with Gasteiger partial charge in [0, 0.05) is 40.5 Å². The molecule has 0 radical (unpaired) electrons. The van der Waals surface area contributed by atoms with Gasteiger partial charge in [-0.2, -0.15) is 0 Å². The summed E-state index contributed by atoms with van der Waals surface area (Å²) < 4.78 is 1.97. The molecule has 0 aliphatic carbocycles. The average Bonchev–Trinajstić information content (AvgIpc) is 3.03. The van der Waals surface area contributed by atoms with Gasteiger partial charge in [0.25, 0.3) is 0 Å². The summed E-state index contributed by atoms with van der Waals surface area (Å²) in [5.74, 6) is 0.140. The number of Topliss-reactive ketones (excluding diaryl/α,β-unsaturated/α-hetero) is 1. The van der Waals surface area contributed by atoms with Gasteiger partial charge in [-0.25, -0.2) is 0 Å². The Hall–Kier alpha value is -2.85. The van der Waals surface area contributed by atoms with Crippen LogP contribution in [-0.4, -0.2) is 15.5 Å². The Morgan fingerprint density at radius 1 is 1.15 bits per heavy atom. The van der Waals surface area contributed by atoms with Crippen molar-refractivity contribution in [2.24, 2.45) is 0 Å². The number of aromatic nitrogens is 1. The maximum Gasteiger partial charge on any atom is 0.162 e. The van der Waals surface area contributed by atoms with E-state index in [9.17, 15) is 9.90 Å². The van der Waals surface area contributed by atoms with Crippen LogP contribution in [0.4, 0.5) is 5.69 Å². The number of aliphatic hydroxyl groups is 1. The van der Waals surface area contributed by atoms with E-state index < -0.39 is 0 Å². The molecule has 0 bridgehead atoms. The molecule has 2 aromatic carbocycles. The second-order valence-electron chi connectivity index (χ2n) is 6.65.